The van der Waals surface area contributed by atoms with E-state index < -0.39 is 9.84 Å². The summed E-state index contributed by atoms with van der Waals surface area (Å²) in [5.74, 6) is 0.561. The van der Waals surface area contributed by atoms with E-state index in [9.17, 15) is 13.2 Å². The summed E-state index contributed by atoms with van der Waals surface area (Å²) in [5.41, 5.74) is 1.32. The second-order valence-electron chi connectivity index (χ2n) is 5.54. The van der Waals surface area contributed by atoms with Crippen molar-refractivity contribution in [2.45, 2.75) is 18.4 Å². The lowest BCUT2D eigenvalue weighted by Crippen LogP contribution is -2.26. The Morgan fingerprint density at radius 2 is 1.79 bits per heavy atom. The average Bonchev–Trinajstić information content (AvgIpc) is 2.55. The molecule has 5 nitrogen and oxygen atoms in total. The first-order valence-electron chi connectivity index (χ1n) is 7.58. The van der Waals surface area contributed by atoms with Crippen molar-refractivity contribution in [1.82, 2.24) is 4.90 Å². The number of sulfone groups is 1. The van der Waals surface area contributed by atoms with Gasteiger partial charge in [0, 0.05) is 25.4 Å². The van der Waals surface area contributed by atoms with Gasteiger partial charge in [0.25, 0.3) is 5.91 Å². The lowest BCUT2D eigenvalue weighted by Gasteiger charge is -2.18. The van der Waals surface area contributed by atoms with Crippen LogP contribution in [0.15, 0.2) is 53.4 Å². The van der Waals surface area contributed by atoms with Gasteiger partial charge >= 0.3 is 0 Å². The van der Waals surface area contributed by atoms with E-state index in [1.165, 1.54) is 12.1 Å². The summed E-state index contributed by atoms with van der Waals surface area (Å²) in [6, 6.07) is 13.6. The minimum absolute atomic E-state index is 0.141. The molecule has 0 aliphatic rings. The van der Waals surface area contributed by atoms with Crippen LogP contribution in [0.25, 0.3) is 0 Å². The first kappa shape index (κ1) is 18.0. The van der Waals surface area contributed by atoms with Crippen LogP contribution in [0.2, 0.25) is 0 Å². The number of hydrogen-bond donors (Lipinski definition) is 0. The molecular formula is C18H21NO4S. The van der Waals surface area contributed by atoms with Gasteiger partial charge in [-0.1, -0.05) is 18.2 Å². The monoisotopic (exact) mass is 347 g/mol. The predicted molar refractivity (Wildman–Crippen MR) is 93.0 cm³/mol. The van der Waals surface area contributed by atoms with Crippen molar-refractivity contribution < 1.29 is 17.9 Å². The number of rotatable bonds is 6. The minimum atomic E-state index is -3.34. The Hall–Kier alpha value is -2.34. The second kappa shape index (κ2) is 7.49. The average molecular weight is 347 g/mol. The standard InChI is InChI=1S/C18H21NO4S/c1-4-23-16-10-8-14(9-11-16)13-19(2)18(20)15-6-5-7-17(12-15)24(3,21)22/h5-12H,4,13H2,1-3H3. The third-order valence-corrected chi connectivity index (χ3v) is 4.62. The zero-order chi connectivity index (χ0) is 17.7. The normalized spacial score (nSPS) is 11.1. The Bertz CT molecular complexity index is 813. The highest BCUT2D eigenvalue weighted by atomic mass is 32.2. The van der Waals surface area contributed by atoms with Gasteiger partial charge in [-0.25, -0.2) is 8.42 Å². The molecule has 0 heterocycles. The first-order valence-corrected chi connectivity index (χ1v) is 9.47. The number of ether oxygens (including phenoxy) is 1. The summed E-state index contributed by atoms with van der Waals surface area (Å²) in [4.78, 5) is 14.2. The largest absolute Gasteiger partial charge is 0.494 e. The van der Waals surface area contributed by atoms with E-state index in [2.05, 4.69) is 0 Å². The molecule has 0 bridgehead atoms. The van der Waals surface area contributed by atoms with Gasteiger partial charge in [-0.2, -0.15) is 0 Å². The smallest absolute Gasteiger partial charge is 0.253 e. The maximum absolute atomic E-state index is 12.5. The van der Waals surface area contributed by atoms with E-state index in [0.29, 0.717) is 18.7 Å². The van der Waals surface area contributed by atoms with E-state index in [1.54, 1.807) is 24.1 Å². The third-order valence-electron chi connectivity index (χ3n) is 3.51. The van der Waals surface area contributed by atoms with Crippen LogP contribution < -0.4 is 4.74 Å². The Kier molecular flexibility index (Phi) is 5.62. The third kappa shape index (κ3) is 4.58. The van der Waals surface area contributed by atoms with Gasteiger partial charge in [-0.15, -0.1) is 0 Å². The molecule has 0 atom stereocenters. The molecule has 1 amide bonds. The van der Waals surface area contributed by atoms with Crippen LogP contribution >= 0.6 is 0 Å². The van der Waals surface area contributed by atoms with E-state index >= 15 is 0 Å². The summed E-state index contributed by atoms with van der Waals surface area (Å²) < 4.78 is 28.6. The summed E-state index contributed by atoms with van der Waals surface area (Å²) >= 11 is 0. The van der Waals surface area contributed by atoms with Gasteiger partial charge in [-0.05, 0) is 42.8 Å². The van der Waals surface area contributed by atoms with Crippen LogP contribution in [0, 0.1) is 0 Å². The molecule has 0 unspecified atom stereocenters. The SMILES string of the molecule is CCOc1ccc(CN(C)C(=O)c2cccc(S(C)(=O)=O)c2)cc1. The molecule has 2 rings (SSSR count). The molecule has 0 radical (unpaired) electrons. The van der Waals surface area contributed by atoms with Crippen LogP contribution in [0.4, 0.5) is 0 Å². The van der Waals surface area contributed by atoms with Gasteiger partial charge in [0.2, 0.25) is 0 Å². The number of carbonyl (C=O) groups excluding carboxylic acids is 1. The molecule has 2 aromatic carbocycles. The van der Waals surface area contributed by atoms with E-state index in [-0.39, 0.29) is 10.8 Å². The zero-order valence-corrected chi connectivity index (χ0v) is 14.8. The van der Waals surface area contributed by atoms with Gasteiger partial charge in [0.15, 0.2) is 9.84 Å². The van der Waals surface area contributed by atoms with Gasteiger partial charge in [0.05, 0.1) is 11.5 Å². The number of carbonyl (C=O) groups is 1. The van der Waals surface area contributed by atoms with Crippen LogP contribution in [0.5, 0.6) is 5.75 Å². The number of hydrogen-bond acceptors (Lipinski definition) is 4. The Labute approximate surface area is 142 Å². The molecule has 0 fully saturated rings. The summed E-state index contributed by atoms with van der Waals surface area (Å²) in [6.07, 6.45) is 1.13. The van der Waals surface area contributed by atoms with Crippen LogP contribution in [0.3, 0.4) is 0 Å². The van der Waals surface area contributed by atoms with Crippen LogP contribution in [0.1, 0.15) is 22.8 Å². The van der Waals surface area contributed by atoms with Crippen molar-refractivity contribution in [3.63, 3.8) is 0 Å². The summed E-state index contributed by atoms with van der Waals surface area (Å²) in [5, 5.41) is 0. The highest BCUT2D eigenvalue weighted by Crippen LogP contribution is 2.16. The first-order chi connectivity index (χ1) is 11.3. The van der Waals surface area contributed by atoms with Crippen LogP contribution in [-0.4, -0.2) is 39.1 Å². The molecule has 24 heavy (non-hydrogen) atoms. The predicted octanol–water partition coefficient (Wildman–Crippen LogP) is 2.76. The Morgan fingerprint density at radius 1 is 1.12 bits per heavy atom. The van der Waals surface area contributed by atoms with E-state index in [4.69, 9.17) is 4.74 Å². The molecule has 128 valence electrons. The van der Waals surface area contributed by atoms with Gasteiger partial charge in [0.1, 0.15) is 5.75 Å². The highest BCUT2D eigenvalue weighted by molar-refractivity contribution is 7.90. The molecule has 0 spiro atoms. The minimum Gasteiger partial charge on any atom is -0.494 e. The molecular weight excluding hydrogens is 326 g/mol. The molecule has 0 aliphatic heterocycles. The lowest BCUT2D eigenvalue weighted by atomic mass is 10.1. The molecule has 0 N–H and O–H groups in total. The maximum Gasteiger partial charge on any atom is 0.253 e. The Morgan fingerprint density at radius 3 is 2.38 bits per heavy atom. The summed E-state index contributed by atoms with van der Waals surface area (Å²) in [7, 11) is -1.65. The molecule has 0 saturated heterocycles. The van der Waals surface area contributed by atoms with Crippen molar-refractivity contribution in [1.29, 1.82) is 0 Å². The fourth-order valence-electron chi connectivity index (χ4n) is 2.28. The fourth-order valence-corrected chi connectivity index (χ4v) is 2.95. The van der Waals surface area contributed by atoms with Crippen molar-refractivity contribution in [3.05, 3.63) is 59.7 Å². The van der Waals surface area contributed by atoms with E-state index in [0.717, 1.165) is 17.6 Å². The highest BCUT2D eigenvalue weighted by Gasteiger charge is 2.15. The zero-order valence-electron chi connectivity index (χ0n) is 14.0. The van der Waals surface area contributed by atoms with Crippen molar-refractivity contribution >= 4 is 15.7 Å². The topological polar surface area (TPSA) is 63.7 Å². The van der Waals surface area contributed by atoms with Crippen molar-refractivity contribution in [3.8, 4) is 5.75 Å². The Balaban J connectivity index is 2.12. The fraction of sp³-hybridized carbons (Fsp3) is 0.278. The lowest BCUT2D eigenvalue weighted by molar-refractivity contribution is 0.0785. The summed E-state index contributed by atoms with van der Waals surface area (Å²) in [6.45, 7) is 2.95. The maximum atomic E-state index is 12.5. The molecule has 0 aliphatic carbocycles. The molecule has 0 aromatic heterocycles. The number of nitrogens with zero attached hydrogens (tertiary/aromatic N) is 1. The molecule has 2 aromatic rings. The molecule has 0 saturated carbocycles. The quantitative estimate of drug-likeness (QED) is 0.806. The van der Waals surface area contributed by atoms with Gasteiger partial charge < -0.3 is 9.64 Å². The number of benzene rings is 2. The van der Waals surface area contributed by atoms with Gasteiger partial charge in [-0.3, -0.25) is 4.79 Å². The van der Waals surface area contributed by atoms with Crippen molar-refractivity contribution in [2.75, 3.05) is 19.9 Å². The number of amides is 1. The van der Waals surface area contributed by atoms with E-state index in [1.807, 2.05) is 31.2 Å². The van der Waals surface area contributed by atoms with Crippen LogP contribution in [-0.2, 0) is 16.4 Å². The molecule has 6 heteroatoms. The second-order valence-corrected chi connectivity index (χ2v) is 7.55. The van der Waals surface area contributed by atoms with Crippen molar-refractivity contribution in [2.24, 2.45) is 0 Å².